The van der Waals surface area contributed by atoms with Crippen molar-refractivity contribution in [2.45, 2.75) is 70.4 Å². The SMILES string of the molecule is COC(=O)[C@@H](NC1(c2ccccc2)c2ccccc2-c2ccccc21)[C@@H](C(=O)OC)N(NC(=O)OC(C)(C)C)C(=O)OC(C)(C)C. The maximum Gasteiger partial charge on any atom is 0.430 e. The summed E-state index contributed by atoms with van der Waals surface area (Å²) in [6, 6.07) is 21.4. The van der Waals surface area contributed by atoms with E-state index in [4.69, 9.17) is 18.9 Å². The molecule has 0 unspecified atom stereocenters. The van der Waals surface area contributed by atoms with Gasteiger partial charge in [-0.05, 0) is 69.4 Å². The maximum atomic E-state index is 13.9. The molecule has 0 bridgehead atoms. The second-order valence-electron chi connectivity index (χ2n) is 12.8. The molecule has 1 aliphatic carbocycles. The molecule has 46 heavy (non-hydrogen) atoms. The minimum absolute atomic E-state index is 0.616. The number of nitrogens with zero attached hydrogens (tertiary/aromatic N) is 1. The molecule has 0 fully saturated rings. The second kappa shape index (κ2) is 13.2. The number of ether oxygens (including phenoxy) is 4. The summed E-state index contributed by atoms with van der Waals surface area (Å²) in [6.07, 6.45) is -2.20. The van der Waals surface area contributed by atoms with Crippen LogP contribution in [0.25, 0.3) is 11.1 Å². The second-order valence-corrected chi connectivity index (χ2v) is 12.8. The largest absolute Gasteiger partial charge is 0.468 e. The summed E-state index contributed by atoms with van der Waals surface area (Å²) in [5, 5.41) is 4.04. The normalized spacial score (nSPS) is 14.5. The molecule has 2 amide bonds. The number of carbonyl (C=O) groups excluding carboxylic acids is 4. The van der Waals surface area contributed by atoms with Crippen LogP contribution in [0.5, 0.6) is 0 Å². The van der Waals surface area contributed by atoms with Gasteiger partial charge < -0.3 is 18.9 Å². The third-order valence-corrected chi connectivity index (χ3v) is 7.22. The first kappa shape index (κ1) is 34.0. The molecule has 2 atom stereocenters. The lowest BCUT2D eigenvalue weighted by molar-refractivity contribution is -0.157. The predicted molar refractivity (Wildman–Crippen MR) is 170 cm³/mol. The number of benzene rings is 3. The Morgan fingerprint density at radius 3 is 1.63 bits per heavy atom. The lowest BCUT2D eigenvalue weighted by Crippen LogP contribution is -2.67. The van der Waals surface area contributed by atoms with E-state index in [0.717, 1.165) is 42.0 Å². The molecule has 0 aromatic heterocycles. The van der Waals surface area contributed by atoms with E-state index in [1.165, 1.54) is 0 Å². The molecule has 0 heterocycles. The van der Waals surface area contributed by atoms with Gasteiger partial charge in [-0.15, -0.1) is 0 Å². The molecule has 3 aromatic rings. The lowest BCUT2D eigenvalue weighted by atomic mass is 9.79. The van der Waals surface area contributed by atoms with Crippen molar-refractivity contribution in [2.24, 2.45) is 0 Å². The molecule has 0 radical (unpaired) electrons. The molecule has 0 saturated heterocycles. The number of carbonyl (C=O) groups is 4. The van der Waals surface area contributed by atoms with E-state index in [9.17, 15) is 19.2 Å². The number of hydrazine groups is 1. The van der Waals surface area contributed by atoms with Crippen LogP contribution < -0.4 is 10.7 Å². The van der Waals surface area contributed by atoms with E-state index in [0.29, 0.717) is 5.01 Å². The van der Waals surface area contributed by atoms with Gasteiger partial charge in [-0.3, -0.25) is 10.1 Å². The number of rotatable bonds is 7. The third-order valence-electron chi connectivity index (χ3n) is 7.22. The lowest BCUT2D eigenvalue weighted by Gasteiger charge is -2.41. The van der Waals surface area contributed by atoms with E-state index in [1.54, 1.807) is 41.5 Å². The fraction of sp³-hybridized carbons (Fsp3) is 0.371. The molecule has 1 aliphatic rings. The highest BCUT2D eigenvalue weighted by Crippen LogP contribution is 2.51. The van der Waals surface area contributed by atoms with Crippen LogP contribution in [0.4, 0.5) is 9.59 Å². The fourth-order valence-corrected chi connectivity index (χ4v) is 5.55. The van der Waals surface area contributed by atoms with Gasteiger partial charge in [0.2, 0.25) is 0 Å². The van der Waals surface area contributed by atoms with Gasteiger partial charge in [0.15, 0.2) is 6.04 Å². The molecule has 11 heteroatoms. The molecular weight excluding hydrogens is 590 g/mol. The smallest absolute Gasteiger partial charge is 0.430 e. The summed E-state index contributed by atoms with van der Waals surface area (Å²) in [7, 11) is 2.27. The summed E-state index contributed by atoms with van der Waals surface area (Å²) < 4.78 is 21.4. The van der Waals surface area contributed by atoms with Gasteiger partial charge in [0, 0.05) is 0 Å². The van der Waals surface area contributed by atoms with Gasteiger partial charge in [-0.2, -0.15) is 5.01 Å². The predicted octanol–water partition coefficient (Wildman–Crippen LogP) is 5.31. The maximum absolute atomic E-state index is 13.9. The summed E-state index contributed by atoms with van der Waals surface area (Å²) in [5.41, 5.74) is 3.24. The van der Waals surface area contributed by atoms with Crippen LogP contribution in [0.15, 0.2) is 78.9 Å². The van der Waals surface area contributed by atoms with Gasteiger partial charge in [-0.25, -0.2) is 19.8 Å². The Bertz CT molecular complexity index is 1550. The molecule has 244 valence electrons. The molecule has 0 aliphatic heterocycles. The van der Waals surface area contributed by atoms with Gasteiger partial charge in [0.05, 0.1) is 19.8 Å². The Kier molecular flexibility index (Phi) is 9.77. The molecule has 3 aromatic carbocycles. The Labute approximate surface area is 269 Å². The van der Waals surface area contributed by atoms with Gasteiger partial charge in [0.25, 0.3) is 0 Å². The number of hydrogen-bond acceptors (Lipinski definition) is 9. The van der Waals surface area contributed by atoms with Crippen molar-refractivity contribution in [2.75, 3.05) is 14.2 Å². The molecule has 11 nitrogen and oxygen atoms in total. The van der Waals surface area contributed by atoms with Crippen LogP contribution in [-0.2, 0) is 34.1 Å². The molecule has 0 spiro atoms. The minimum Gasteiger partial charge on any atom is -0.468 e. The number of amides is 2. The van der Waals surface area contributed by atoms with Crippen molar-refractivity contribution in [1.82, 2.24) is 15.8 Å². The van der Waals surface area contributed by atoms with E-state index < -0.39 is 52.9 Å². The van der Waals surface area contributed by atoms with Gasteiger partial charge in [-0.1, -0.05) is 78.9 Å². The van der Waals surface area contributed by atoms with Crippen LogP contribution >= 0.6 is 0 Å². The Morgan fingerprint density at radius 1 is 0.674 bits per heavy atom. The summed E-state index contributed by atoms with van der Waals surface area (Å²) in [6.45, 7) is 9.78. The fourth-order valence-electron chi connectivity index (χ4n) is 5.55. The Morgan fingerprint density at radius 2 is 1.15 bits per heavy atom. The van der Waals surface area contributed by atoms with Crippen molar-refractivity contribution in [3.8, 4) is 11.1 Å². The number of fused-ring (bicyclic) bond motifs is 3. The van der Waals surface area contributed by atoms with Crippen molar-refractivity contribution >= 4 is 24.1 Å². The quantitative estimate of drug-likeness (QED) is 0.202. The van der Waals surface area contributed by atoms with Gasteiger partial charge >= 0.3 is 24.1 Å². The van der Waals surface area contributed by atoms with Crippen LogP contribution in [0.3, 0.4) is 0 Å². The summed E-state index contributed by atoms with van der Waals surface area (Å²) in [5.74, 6) is -1.94. The summed E-state index contributed by atoms with van der Waals surface area (Å²) >= 11 is 0. The van der Waals surface area contributed by atoms with E-state index in [-0.39, 0.29) is 0 Å². The molecular formula is C35H41N3O8. The van der Waals surface area contributed by atoms with Crippen molar-refractivity contribution in [3.05, 3.63) is 95.6 Å². The van der Waals surface area contributed by atoms with Crippen molar-refractivity contribution < 1.29 is 38.1 Å². The average molecular weight is 632 g/mol. The van der Waals surface area contributed by atoms with Crippen LogP contribution in [0.1, 0.15) is 58.2 Å². The van der Waals surface area contributed by atoms with Crippen LogP contribution in [0, 0.1) is 0 Å². The zero-order chi connectivity index (χ0) is 33.9. The summed E-state index contributed by atoms with van der Waals surface area (Å²) in [4.78, 5) is 54.5. The molecule has 2 N–H and O–H groups in total. The average Bonchev–Trinajstić information content (AvgIpc) is 3.28. The highest BCUT2D eigenvalue weighted by molar-refractivity contribution is 5.92. The minimum atomic E-state index is -1.83. The first-order chi connectivity index (χ1) is 21.6. The standard InChI is InChI=1S/C35H41N3O8/c1-33(2,3)45-31(41)37-38(32(42)46-34(4,5)6)28(30(40)44-8)27(29(39)43-7)36-35(22-16-10-9-11-17-22)25-20-14-12-18-23(25)24-19-13-15-21-26(24)35/h9-21,27-28,36H,1-8H3,(H,37,41)/t27-,28-/m0/s1. The third kappa shape index (κ3) is 6.99. The number of esters is 2. The monoisotopic (exact) mass is 631 g/mol. The van der Waals surface area contributed by atoms with E-state index in [2.05, 4.69) is 10.7 Å². The van der Waals surface area contributed by atoms with Crippen molar-refractivity contribution in [3.63, 3.8) is 0 Å². The van der Waals surface area contributed by atoms with Crippen LogP contribution in [-0.4, -0.2) is 66.6 Å². The Hall–Kier alpha value is -4.90. The topological polar surface area (TPSA) is 132 Å². The Balaban J connectivity index is 1.97. The van der Waals surface area contributed by atoms with E-state index >= 15 is 0 Å². The number of nitrogens with one attached hydrogen (secondary N) is 2. The molecule has 0 saturated carbocycles. The van der Waals surface area contributed by atoms with E-state index in [1.807, 2.05) is 78.9 Å². The zero-order valence-corrected chi connectivity index (χ0v) is 27.4. The number of hydrogen-bond donors (Lipinski definition) is 2. The van der Waals surface area contributed by atoms with Crippen LogP contribution in [0.2, 0.25) is 0 Å². The van der Waals surface area contributed by atoms with Crippen molar-refractivity contribution in [1.29, 1.82) is 0 Å². The van der Waals surface area contributed by atoms with Gasteiger partial charge in [0.1, 0.15) is 17.2 Å². The molecule has 4 rings (SSSR count). The highest BCUT2D eigenvalue weighted by atomic mass is 16.6. The zero-order valence-electron chi connectivity index (χ0n) is 27.4. The highest BCUT2D eigenvalue weighted by Gasteiger charge is 2.52. The number of methoxy groups -OCH3 is 2. The first-order valence-electron chi connectivity index (χ1n) is 14.8. The first-order valence-corrected chi connectivity index (χ1v) is 14.8.